The van der Waals surface area contributed by atoms with Gasteiger partial charge in [-0.15, -0.1) is 0 Å². The van der Waals surface area contributed by atoms with Crippen molar-refractivity contribution in [2.24, 2.45) is 52.3 Å². The summed E-state index contributed by atoms with van der Waals surface area (Å²) in [5, 5.41) is 0. The summed E-state index contributed by atoms with van der Waals surface area (Å²) in [6.45, 7) is 12.0. The zero-order valence-electron chi connectivity index (χ0n) is 25.2. The van der Waals surface area contributed by atoms with E-state index in [1.807, 2.05) is 18.2 Å². The van der Waals surface area contributed by atoms with Crippen LogP contribution in [0.5, 0.6) is 0 Å². The van der Waals surface area contributed by atoms with Gasteiger partial charge in [-0.05, 0) is 140 Å². The molecule has 4 N–H and O–H groups in total. The number of benzene rings is 1. The predicted octanol–water partition coefficient (Wildman–Crippen LogP) is 8.90. The fourth-order valence-corrected chi connectivity index (χ4v) is 10.7. The van der Waals surface area contributed by atoms with Gasteiger partial charge in [0.1, 0.15) is 0 Å². The molecule has 0 radical (unpaired) electrons. The smallest absolute Gasteiger partial charge is 0.0506 e. The molecule has 3 nitrogen and oxygen atoms in total. The summed E-state index contributed by atoms with van der Waals surface area (Å²) in [7, 11) is 0. The van der Waals surface area contributed by atoms with Crippen LogP contribution < -0.4 is 11.5 Å². The van der Waals surface area contributed by atoms with E-state index in [-0.39, 0.29) is 0 Å². The van der Waals surface area contributed by atoms with Crippen LogP contribution in [0.3, 0.4) is 0 Å². The first-order chi connectivity index (χ1) is 18.2. The Morgan fingerprint density at radius 3 is 2.39 bits per heavy atom. The van der Waals surface area contributed by atoms with E-state index in [0.29, 0.717) is 16.7 Å². The average Bonchev–Trinajstić information content (AvgIpc) is 3.23. The van der Waals surface area contributed by atoms with Crippen molar-refractivity contribution in [3.63, 3.8) is 0 Å². The van der Waals surface area contributed by atoms with Crippen LogP contribution in [0.1, 0.15) is 117 Å². The molecule has 38 heavy (non-hydrogen) atoms. The highest BCUT2D eigenvalue weighted by Gasteiger charge is 2.60. The first-order valence-electron chi connectivity index (χ1n) is 16.4. The first kappa shape index (κ1) is 28.3. The highest BCUT2D eigenvalue weighted by Crippen LogP contribution is 2.68. The minimum atomic E-state index is 0.609. The molecule has 1 aromatic rings. The lowest BCUT2D eigenvalue weighted by Crippen LogP contribution is -2.53. The van der Waals surface area contributed by atoms with E-state index in [1.165, 1.54) is 82.6 Å². The Kier molecular flexibility index (Phi) is 8.73. The normalized spacial score (nSPS) is 38.2. The molecule has 4 saturated carbocycles. The van der Waals surface area contributed by atoms with Crippen LogP contribution in [-0.2, 0) is 11.2 Å². The largest absolute Gasteiger partial charge is 0.399 e. The fourth-order valence-electron chi connectivity index (χ4n) is 10.7. The highest BCUT2D eigenvalue weighted by molar-refractivity contribution is 5.54. The van der Waals surface area contributed by atoms with E-state index >= 15 is 0 Å². The number of nitrogen functional groups attached to an aromatic ring is 2. The zero-order chi connectivity index (χ0) is 26.9. The molecular formula is C35H58N2O. The van der Waals surface area contributed by atoms with Crippen molar-refractivity contribution in [3.8, 4) is 0 Å². The molecule has 0 aromatic heterocycles. The van der Waals surface area contributed by atoms with Crippen LogP contribution in [0.2, 0.25) is 0 Å². The van der Waals surface area contributed by atoms with Crippen molar-refractivity contribution >= 4 is 11.4 Å². The van der Waals surface area contributed by atoms with Crippen LogP contribution >= 0.6 is 0 Å². The maximum absolute atomic E-state index is 6.04. The number of nitrogens with two attached hydrogens (primary N) is 2. The Balaban J connectivity index is 1.06. The molecule has 0 amide bonds. The van der Waals surface area contributed by atoms with Gasteiger partial charge in [0.2, 0.25) is 0 Å². The number of ether oxygens (including phenoxy) is 1. The Morgan fingerprint density at radius 1 is 0.842 bits per heavy atom. The quantitative estimate of drug-likeness (QED) is 0.238. The Bertz CT molecular complexity index is 910. The third kappa shape index (κ3) is 5.65. The Hall–Kier alpha value is -1.22. The molecular weight excluding hydrogens is 464 g/mol. The molecule has 3 unspecified atom stereocenters. The van der Waals surface area contributed by atoms with Gasteiger partial charge >= 0.3 is 0 Å². The molecule has 0 saturated heterocycles. The van der Waals surface area contributed by atoms with Crippen molar-refractivity contribution in [2.45, 2.75) is 118 Å². The van der Waals surface area contributed by atoms with E-state index < -0.39 is 0 Å². The third-order valence-corrected chi connectivity index (χ3v) is 12.7. The molecule has 1 aromatic carbocycles. The number of rotatable bonds is 10. The monoisotopic (exact) mass is 522 g/mol. The number of hydrogen-bond acceptors (Lipinski definition) is 3. The second-order valence-corrected chi connectivity index (χ2v) is 15.0. The number of anilines is 2. The molecule has 0 bridgehead atoms. The van der Waals surface area contributed by atoms with Gasteiger partial charge in [0.25, 0.3) is 0 Å². The minimum absolute atomic E-state index is 0.609. The van der Waals surface area contributed by atoms with Crippen LogP contribution in [0.15, 0.2) is 18.2 Å². The van der Waals surface area contributed by atoms with Gasteiger partial charge in [0.05, 0.1) is 6.61 Å². The van der Waals surface area contributed by atoms with Crippen LogP contribution in [0, 0.1) is 52.3 Å². The lowest BCUT2D eigenvalue weighted by molar-refractivity contribution is -0.114. The van der Waals surface area contributed by atoms with Gasteiger partial charge < -0.3 is 16.2 Å². The first-order valence-corrected chi connectivity index (χ1v) is 16.4. The molecule has 4 aliphatic rings. The third-order valence-electron chi connectivity index (χ3n) is 12.7. The van der Waals surface area contributed by atoms with Gasteiger partial charge in [-0.25, -0.2) is 0 Å². The van der Waals surface area contributed by atoms with Gasteiger partial charge in [0.15, 0.2) is 0 Å². The van der Waals surface area contributed by atoms with E-state index in [4.69, 9.17) is 16.2 Å². The van der Waals surface area contributed by atoms with Gasteiger partial charge in [-0.1, -0.05) is 53.4 Å². The summed E-state index contributed by atoms with van der Waals surface area (Å²) in [5.41, 5.74) is 15.8. The molecule has 0 spiro atoms. The summed E-state index contributed by atoms with van der Waals surface area (Å²) < 4.78 is 6.04. The summed E-state index contributed by atoms with van der Waals surface area (Å²) in [6, 6.07) is 5.82. The number of fused-ring (bicyclic) bond motifs is 5. The molecule has 4 fully saturated rings. The molecule has 5 rings (SSSR count). The lowest BCUT2D eigenvalue weighted by Gasteiger charge is -2.61. The molecule has 4 aliphatic carbocycles. The second-order valence-electron chi connectivity index (χ2n) is 15.0. The zero-order valence-corrected chi connectivity index (χ0v) is 25.2. The molecule has 3 heteroatoms. The lowest BCUT2D eigenvalue weighted by atomic mass is 9.44. The van der Waals surface area contributed by atoms with Crippen molar-refractivity contribution in [3.05, 3.63) is 23.8 Å². The highest BCUT2D eigenvalue weighted by atomic mass is 16.5. The van der Waals surface area contributed by atoms with Crippen molar-refractivity contribution in [1.82, 2.24) is 0 Å². The maximum atomic E-state index is 6.04. The average molecular weight is 523 g/mol. The van der Waals surface area contributed by atoms with E-state index in [0.717, 1.165) is 66.5 Å². The summed E-state index contributed by atoms with van der Waals surface area (Å²) in [4.78, 5) is 0. The maximum Gasteiger partial charge on any atom is 0.0506 e. The standard InChI is InChI=1S/C35H58N2O/c1-24(23-38-19-16-26-20-28(36)22-29(37)21-26)8-7-9-25(2)31-13-14-32-30-12-11-27-10-5-6-17-34(27,3)33(30)15-18-35(31,32)4/h20-22,24-25,27,30-33H,5-19,23,36-37H2,1-4H3/t24?,25?,27?,30-,31+,32-,33-,34-,35+/m0/s1. The Morgan fingerprint density at radius 2 is 1.61 bits per heavy atom. The molecule has 0 aliphatic heterocycles. The Labute approximate surface area is 234 Å². The second kappa shape index (κ2) is 11.7. The van der Waals surface area contributed by atoms with Crippen molar-refractivity contribution < 1.29 is 4.74 Å². The van der Waals surface area contributed by atoms with Gasteiger partial charge in [0, 0.05) is 18.0 Å². The van der Waals surface area contributed by atoms with Gasteiger partial charge in [-0.3, -0.25) is 0 Å². The summed E-state index contributed by atoms with van der Waals surface area (Å²) >= 11 is 0. The van der Waals surface area contributed by atoms with Crippen LogP contribution in [-0.4, -0.2) is 13.2 Å². The minimum Gasteiger partial charge on any atom is -0.399 e. The van der Waals surface area contributed by atoms with Crippen molar-refractivity contribution in [2.75, 3.05) is 24.7 Å². The summed E-state index contributed by atoms with van der Waals surface area (Å²) in [6.07, 6.45) is 20.1. The van der Waals surface area contributed by atoms with E-state index in [9.17, 15) is 0 Å². The summed E-state index contributed by atoms with van der Waals surface area (Å²) in [5.74, 6) is 6.56. The van der Waals surface area contributed by atoms with Crippen LogP contribution in [0.4, 0.5) is 11.4 Å². The van der Waals surface area contributed by atoms with Crippen LogP contribution in [0.25, 0.3) is 0 Å². The SMILES string of the molecule is CC(CCCC(C)[C@H]1CC[C@H]2[C@@H]3CCC4CCCC[C@]4(C)[C@H]3CC[C@]12C)COCCc1cc(N)cc(N)c1. The number of hydrogen-bond donors (Lipinski definition) is 2. The topological polar surface area (TPSA) is 61.3 Å². The van der Waals surface area contributed by atoms with Gasteiger partial charge in [-0.2, -0.15) is 0 Å². The molecule has 0 heterocycles. The van der Waals surface area contributed by atoms with E-state index in [2.05, 4.69) is 27.7 Å². The molecule has 214 valence electrons. The molecule has 9 atom stereocenters. The van der Waals surface area contributed by atoms with E-state index in [1.54, 1.807) is 6.42 Å². The fraction of sp³-hybridized carbons (Fsp3) is 0.829. The van der Waals surface area contributed by atoms with Crippen molar-refractivity contribution in [1.29, 1.82) is 0 Å². The predicted molar refractivity (Wildman–Crippen MR) is 162 cm³/mol.